The fourth-order valence-electron chi connectivity index (χ4n) is 1.96. The minimum Gasteiger partial charge on any atom is -0.465 e. The molecule has 5 heteroatoms. The quantitative estimate of drug-likeness (QED) is 0.867. The largest absolute Gasteiger partial charge is 0.465 e. The zero-order valence-electron chi connectivity index (χ0n) is 10.5. The Morgan fingerprint density at radius 2 is 2.16 bits per heavy atom. The minimum absolute atomic E-state index is 0.133. The molecule has 19 heavy (non-hydrogen) atoms. The first-order chi connectivity index (χ1) is 9.11. The maximum atomic E-state index is 11.6. The van der Waals surface area contributed by atoms with E-state index < -0.39 is 5.97 Å². The van der Waals surface area contributed by atoms with Crippen molar-refractivity contribution < 1.29 is 14.3 Å². The van der Waals surface area contributed by atoms with Crippen molar-refractivity contribution in [1.29, 1.82) is 0 Å². The van der Waals surface area contributed by atoms with Crippen LogP contribution in [0.15, 0.2) is 34.4 Å². The van der Waals surface area contributed by atoms with Crippen molar-refractivity contribution in [1.82, 2.24) is 0 Å². The smallest absolute Gasteiger partial charge is 0.339 e. The van der Waals surface area contributed by atoms with Gasteiger partial charge in [-0.2, -0.15) is 0 Å². The van der Waals surface area contributed by atoms with Gasteiger partial charge in [-0.05, 0) is 40.9 Å². The number of benzene rings is 1. The molecule has 0 unspecified atom stereocenters. The van der Waals surface area contributed by atoms with Gasteiger partial charge >= 0.3 is 5.97 Å². The third-order valence-electron chi connectivity index (χ3n) is 2.90. The standard InChI is InChI=1S/C14H14BrNO3/c1-19-14(18)11-6-3-7-12(13(11)15)16-9-4-2-5-10(17)8-9/h3,6-8,16H,2,4-5H2,1H3. The Bertz CT molecular complexity index is 552. The van der Waals surface area contributed by atoms with Gasteiger partial charge in [-0.25, -0.2) is 4.79 Å². The molecule has 0 radical (unpaired) electrons. The average Bonchev–Trinajstić information content (AvgIpc) is 2.40. The predicted octanol–water partition coefficient (Wildman–Crippen LogP) is 3.28. The highest BCUT2D eigenvalue weighted by atomic mass is 79.9. The van der Waals surface area contributed by atoms with Crippen molar-refractivity contribution in [3.8, 4) is 0 Å². The van der Waals surface area contributed by atoms with Gasteiger partial charge in [0.15, 0.2) is 5.78 Å². The Hall–Kier alpha value is -1.62. The lowest BCUT2D eigenvalue weighted by Crippen LogP contribution is -2.10. The van der Waals surface area contributed by atoms with Crippen LogP contribution < -0.4 is 5.32 Å². The van der Waals surface area contributed by atoms with Gasteiger partial charge in [0.1, 0.15) is 0 Å². The Labute approximate surface area is 120 Å². The van der Waals surface area contributed by atoms with Crippen LogP contribution in [-0.2, 0) is 9.53 Å². The highest BCUT2D eigenvalue weighted by Crippen LogP contribution is 2.29. The molecule has 2 rings (SSSR count). The van der Waals surface area contributed by atoms with E-state index in [0.29, 0.717) is 16.5 Å². The fraction of sp³-hybridized carbons (Fsp3) is 0.286. The molecule has 0 atom stereocenters. The number of hydrogen-bond donors (Lipinski definition) is 1. The number of allylic oxidation sites excluding steroid dienone is 2. The number of methoxy groups -OCH3 is 1. The fourth-order valence-corrected chi connectivity index (χ4v) is 2.48. The zero-order chi connectivity index (χ0) is 13.8. The molecule has 0 saturated carbocycles. The molecule has 0 amide bonds. The van der Waals surface area contributed by atoms with Crippen molar-refractivity contribution in [3.05, 3.63) is 40.0 Å². The maximum absolute atomic E-state index is 11.6. The summed E-state index contributed by atoms with van der Waals surface area (Å²) in [6.45, 7) is 0. The molecule has 0 bridgehead atoms. The van der Waals surface area contributed by atoms with Crippen LogP contribution in [-0.4, -0.2) is 18.9 Å². The summed E-state index contributed by atoms with van der Waals surface area (Å²) < 4.78 is 5.35. The lowest BCUT2D eigenvalue weighted by atomic mass is 10.0. The SMILES string of the molecule is COC(=O)c1cccc(NC2=CC(=O)CCC2)c1Br. The van der Waals surface area contributed by atoms with Gasteiger partial charge in [-0.1, -0.05) is 6.07 Å². The number of rotatable bonds is 3. The molecule has 1 aromatic rings. The second-order valence-corrected chi connectivity index (χ2v) is 5.07. The summed E-state index contributed by atoms with van der Waals surface area (Å²) in [5.74, 6) is -0.266. The first-order valence-electron chi connectivity index (χ1n) is 5.99. The number of nitrogens with one attached hydrogen (secondary N) is 1. The van der Waals surface area contributed by atoms with E-state index in [1.54, 1.807) is 18.2 Å². The summed E-state index contributed by atoms with van der Waals surface area (Å²) in [5.41, 5.74) is 2.08. The Kier molecular flexibility index (Phi) is 4.37. The third kappa shape index (κ3) is 3.23. The number of carbonyl (C=O) groups excluding carboxylic acids is 2. The summed E-state index contributed by atoms with van der Waals surface area (Å²) in [6.07, 6.45) is 3.92. The molecule has 1 N–H and O–H groups in total. The first-order valence-corrected chi connectivity index (χ1v) is 6.78. The number of carbonyl (C=O) groups is 2. The van der Waals surface area contributed by atoms with E-state index in [0.717, 1.165) is 24.2 Å². The van der Waals surface area contributed by atoms with Gasteiger partial charge in [0.2, 0.25) is 0 Å². The number of esters is 1. The molecule has 0 saturated heterocycles. The monoisotopic (exact) mass is 323 g/mol. The van der Waals surface area contributed by atoms with Crippen LogP contribution in [0.2, 0.25) is 0 Å². The molecule has 100 valence electrons. The van der Waals surface area contributed by atoms with Gasteiger partial charge in [0.25, 0.3) is 0 Å². The van der Waals surface area contributed by atoms with Crippen LogP contribution in [0.4, 0.5) is 5.69 Å². The Morgan fingerprint density at radius 1 is 1.37 bits per heavy atom. The molecule has 0 aromatic heterocycles. The highest BCUT2D eigenvalue weighted by molar-refractivity contribution is 9.10. The molecule has 0 aliphatic heterocycles. The molecule has 1 aliphatic rings. The van der Waals surface area contributed by atoms with E-state index in [2.05, 4.69) is 21.2 Å². The van der Waals surface area contributed by atoms with E-state index in [1.807, 2.05) is 6.07 Å². The van der Waals surface area contributed by atoms with Gasteiger partial charge < -0.3 is 10.1 Å². The summed E-state index contributed by atoms with van der Waals surface area (Å²) >= 11 is 3.39. The van der Waals surface area contributed by atoms with Crippen molar-refractivity contribution in [2.45, 2.75) is 19.3 Å². The maximum Gasteiger partial charge on any atom is 0.339 e. The summed E-state index contributed by atoms with van der Waals surface area (Å²) in [5, 5.41) is 3.18. The molecule has 0 heterocycles. The minimum atomic E-state index is -0.399. The topological polar surface area (TPSA) is 55.4 Å². The Balaban J connectivity index is 2.26. The molecule has 1 aliphatic carbocycles. The number of hydrogen-bond acceptors (Lipinski definition) is 4. The van der Waals surface area contributed by atoms with E-state index in [1.165, 1.54) is 7.11 Å². The van der Waals surface area contributed by atoms with Crippen molar-refractivity contribution in [3.63, 3.8) is 0 Å². The van der Waals surface area contributed by atoms with Crippen LogP contribution >= 0.6 is 15.9 Å². The first kappa shape index (κ1) is 13.8. The van der Waals surface area contributed by atoms with Crippen LogP contribution in [0.25, 0.3) is 0 Å². The third-order valence-corrected chi connectivity index (χ3v) is 3.76. The number of anilines is 1. The Morgan fingerprint density at radius 3 is 2.84 bits per heavy atom. The van der Waals surface area contributed by atoms with Gasteiger partial charge in [0.05, 0.1) is 22.8 Å². The van der Waals surface area contributed by atoms with E-state index in [-0.39, 0.29) is 5.78 Å². The summed E-state index contributed by atoms with van der Waals surface area (Å²) in [6, 6.07) is 5.29. The number of ether oxygens (including phenoxy) is 1. The molecule has 0 spiro atoms. The highest BCUT2D eigenvalue weighted by Gasteiger charge is 2.15. The summed E-state index contributed by atoms with van der Waals surface area (Å²) in [7, 11) is 1.34. The number of halogens is 1. The molecule has 4 nitrogen and oxygen atoms in total. The molecule has 1 aromatic carbocycles. The van der Waals surface area contributed by atoms with Gasteiger partial charge in [-0.15, -0.1) is 0 Å². The van der Waals surface area contributed by atoms with Crippen LogP contribution in [0, 0.1) is 0 Å². The summed E-state index contributed by atoms with van der Waals surface area (Å²) in [4.78, 5) is 22.9. The second-order valence-electron chi connectivity index (χ2n) is 4.27. The van der Waals surface area contributed by atoms with Crippen LogP contribution in [0.3, 0.4) is 0 Å². The van der Waals surface area contributed by atoms with Gasteiger partial charge in [-0.3, -0.25) is 4.79 Å². The molecular formula is C14H14BrNO3. The van der Waals surface area contributed by atoms with Crippen molar-refractivity contribution >= 4 is 33.4 Å². The van der Waals surface area contributed by atoms with E-state index in [4.69, 9.17) is 4.74 Å². The zero-order valence-corrected chi connectivity index (χ0v) is 12.1. The molecule has 0 fully saturated rings. The predicted molar refractivity (Wildman–Crippen MR) is 76.0 cm³/mol. The van der Waals surface area contributed by atoms with Gasteiger partial charge in [0, 0.05) is 18.2 Å². The lowest BCUT2D eigenvalue weighted by Gasteiger charge is -2.16. The normalized spacial score (nSPS) is 14.8. The van der Waals surface area contributed by atoms with E-state index >= 15 is 0 Å². The second kappa shape index (κ2) is 6.02. The molecular weight excluding hydrogens is 310 g/mol. The lowest BCUT2D eigenvalue weighted by molar-refractivity contribution is -0.115. The average molecular weight is 324 g/mol. The van der Waals surface area contributed by atoms with Crippen molar-refractivity contribution in [2.75, 3.05) is 12.4 Å². The van der Waals surface area contributed by atoms with Crippen molar-refractivity contribution in [2.24, 2.45) is 0 Å². The van der Waals surface area contributed by atoms with Crippen LogP contribution in [0.1, 0.15) is 29.6 Å². The van der Waals surface area contributed by atoms with E-state index in [9.17, 15) is 9.59 Å². The van der Waals surface area contributed by atoms with Crippen LogP contribution in [0.5, 0.6) is 0 Å². The number of ketones is 1.